The van der Waals surface area contributed by atoms with E-state index in [0.717, 1.165) is 5.75 Å². The molecule has 0 aromatic heterocycles. The number of anilines is 1. The van der Waals surface area contributed by atoms with Crippen molar-refractivity contribution in [1.29, 1.82) is 0 Å². The van der Waals surface area contributed by atoms with Crippen molar-refractivity contribution in [2.24, 2.45) is 5.73 Å². The number of nitrogens with two attached hydrogens (primary N) is 1. The van der Waals surface area contributed by atoms with Gasteiger partial charge < -0.3 is 11.1 Å². The van der Waals surface area contributed by atoms with Gasteiger partial charge in [0, 0.05) is 0 Å². The maximum absolute atomic E-state index is 11.8. The monoisotopic (exact) mass is 326 g/mol. The van der Waals surface area contributed by atoms with Gasteiger partial charge in [0.2, 0.25) is 5.91 Å². The van der Waals surface area contributed by atoms with Crippen LogP contribution in [0.25, 0.3) is 0 Å². The predicted octanol–water partition coefficient (Wildman–Crippen LogP) is 3.67. The van der Waals surface area contributed by atoms with E-state index in [-0.39, 0.29) is 5.91 Å². The Labute approximate surface area is 125 Å². The largest absolute Gasteiger partial charge is 0.323 e. The van der Waals surface area contributed by atoms with E-state index in [9.17, 15) is 4.79 Å². The number of amides is 1. The molecule has 0 fully saturated rings. The zero-order chi connectivity index (χ0) is 13.7. The second-order valence-corrected chi connectivity index (χ2v) is 5.83. The topological polar surface area (TPSA) is 55.1 Å². The van der Waals surface area contributed by atoms with E-state index in [4.69, 9.17) is 40.5 Å². The summed E-state index contributed by atoms with van der Waals surface area (Å²) in [5.74, 6) is 0.535. The molecule has 0 bridgehead atoms. The fourth-order valence-electron chi connectivity index (χ4n) is 1.22. The maximum Gasteiger partial charge on any atom is 0.241 e. The summed E-state index contributed by atoms with van der Waals surface area (Å²) < 4.78 is 0. The standard InChI is InChI=1S/C11H13Cl3N2OS/c1-18-3-2-9(15)11(17)16-10-5-7(13)6(12)4-8(10)14/h4-5,9H,2-3,15H2,1H3,(H,16,17)/t9-/m0/s1. The lowest BCUT2D eigenvalue weighted by Crippen LogP contribution is -2.36. The lowest BCUT2D eigenvalue weighted by atomic mass is 10.2. The number of rotatable bonds is 5. The van der Waals surface area contributed by atoms with Gasteiger partial charge in [0.1, 0.15) is 0 Å². The Hall–Kier alpha value is -0.130. The van der Waals surface area contributed by atoms with Crippen LogP contribution in [0.1, 0.15) is 6.42 Å². The van der Waals surface area contributed by atoms with Gasteiger partial charge in [-0.25, -0.2) is 0 Å². The van der Waals surface area contributed by atoms with Crippen molar-refractivity contribution in [3.05, 3.63) is 27.2 Å². The van der Waals surface area contributed by atoms with E-state index in [1.54, 1.807) is 11.8 Å². The van der Waals surface area contributed by atoms with Crippen molar-refractivity contribution in [3.63, 3.8) is 0 Å². The van der Waals surface area contributed by atoms with Gasteiger partial charge in [0.15, 0.2) is 0 Å². The molecule has 0 aliphatic carbocycles. The minimum absolute atomic E-state index is 0.288. The van der Waals surface area contributed by atoms with E-state index < -0.39 is 6.04 Å². The first-order valence-electron chi connectivity index (χ1n) is 5.15. The van der Waals surface area contributed by atoms with Gasteiger partial charge in [0.05, 0.1) is 26.8 Å². The molecule has 0 heterocycles. The Morgan fingerprint density at radius 3 is 2.56 bits per heavy atom. The highest BCUT2D eigenvalue weighted by Crippen LogP contribution is 2.32. The summed E-state index contributed by atoms with van der Waals surface area (Å²) in [7, 11) is 0. The van der Waals surface area contributed by atoms with Crippen molar-refractivity contribution in [1.82, 2.24) is 0 Å². The molecule has 3 nitrogen and oxygen atoms in total. The van der Waals surface area contributed by atoms with E-state index in [2.05, 4.69) is 5.32 Å². The molecule has 0 aliphatic heterocycles. The van der Waals surface area contributed by atoms with E-state index in [0.29, 0.717) is 27.2 Å². The Morgan fingerprint density at radius 2 is 1.94 bits per heavy atom. The maximum atomic E-state index is 11.8. The van der Waals surface area contributed by atoms with Crippen LogP contribution in [0.4, 0.5) is 5.69 Å². The third kappa shape index (κ3) is 4.52. The molecular formula is C11H13Cl3N2OS. The molecule has 1 amide bonds. The van der Waals surface area contributed by atoms with Gasteiger partial charge >= 0.3 is 0 Å². The van der Waals surface area contributed by atoms with Crippen LogP contribution in [0.5, 0.6) is 0 Å². The van der Waals surface area contributed by atoms with Crippen LogP contribution in [0.3, 0.4) is 0 Å². The highest BCUT2D eigenvalue weighted by atomic mass is 35.5. The number of hydrogen-bond donors (Lipinski definition) is 2. The Bertz CT molecular complexity index is 443. The van der Waals surface area contributed by atoms with E-state index >= 15 is 0 Å². The molecule has 1 rings (SSSR count). The Morgan fingerprint density at radius 1 is 1.33 bits per heavy atom. The molecular weight excluding hydrogens is 315 g/mol. The molecule has 0 unspecified atom stereocenters. The molecule has 0 spiro atoms. The van der Waals surface area contributed by atoms with Gasteiger partial charge in [-0.2, -0.15) is 11.8 Å². The molecule has 3 N–H and O–H groups in total. The van der Waals surface area contributed by atoms with Crippen molar-refractivity contribution in [2.75, 3.05) is 17.3 Å². The van der Waals surface area contributed by atoms with Crippen LogP contribution in [0.2, 0.25) is 15.1 Å². The molecule has 0 saturated carbocycles. The molecule has 0 aliphatic rings. The average molecular weight is 328 g/mol. The van der Waals surface area contributed by atoms with Crippen molar-refractivity contribution >= 4 is 58.2 Å². The molecule has 18 heavy (non-hydrogen) atoms. The molecule has 0 radical (unpaired) electrons. The summed E-state index contributed by atoms with van der Waals surface area (Å²) in [5, 5.41) is 3.63. The summed E-state index contributed by atoms with van der Waals surface area (Å²) in [6.45, 7) is 0. The van der Waals surface area contributed by atoms with Crippen LogP contribution in [0.15, 0.2) is 12.1 Å². The van der Waals surface area contributed by atoms with Gasteiger partial charge in [-0.3, -0.25) is 4.79 Å². The van der Waals surface area contributed by atoms with Gasteiger partial charge in [-0.1, -0.05) is 34.8 Å². The van der Waals surface area contributed by atoms with Crippen LogP contribution in [-0.4, -0.2) is 24.0 Å². The summed E-state index contributed by atoms with van der Waals surface area (Å²) in [5.41, 5.74) is 6.15. The molecule has 1 atom stereocenters. The number of carbonyl (C=O) groups is 1. The molecule has 1 aromatic carbocycles. The van der Waals surface area contributed by atoms with Gasteiger partial charge in [-0.05, 0) is 30.6 Å². The van der Waals surface area contributed by atoms with Crippen molar-refractivity contribution < 1.29 is 4.79 Å². The zero-order valence-corrected chi connectivity index (χ0v) is 12.8. The third-order valence-corrected chi connectivity index (χ3v) is 3.92. The fourth-order valence-corrected chi connectivity index (χ4v) is 2.30. The number of nitrogens with one attached hydrogen (secondary N) is 1. The first-order chi connectivity index (χ1) is 8.45. The molecule has 100 valence electrons. The van der Waals surface area contributed by atoms with Crippen LogP contribution >= 0.6 is 46.6 Å². The normalized spacial score (nSPS) is 12.3. The third-order valence-electron chi connectivity index (χ3n) is 2.24. The Kier molecular flexibility index (Phi) is 6.60. The number of carbonyl (C=O) groups excluding carboxylic acids is 1. The van der Waals surface area contributed by atoms with Crippen LogP contribution < -0.4 is 11.1 Å². The number of hydrogen-bond acceptors (Lipinski definition) is 3. The minimum atomic E-state index is -0.567. The molecule has 7 heteroatoms. The second kappa shape index (κ2) is 7.46. The Balaban J connectivity index is 2.72. The van der Waals surface area contributed by atoms with E-state index in [1.807, 2.05) is 6.26 Å². The number of halogens is 3. The predicted molar refractivity (Wildman–Crippen MR) is 81.1 cm³/mol. The highest BCUT2D eigenvalue weighted by molar-refractivity contribution is 7.98. The fraction of sp³-hybridized carbons (Fsp3) is 0.364. The van der Waals surface area contributed by atoms with Gasteiger partial charge in [-0.15, -0.1) is 0 Å². The summed E-state index contributed by atoms with van der Waals surface area (Å²) in [4.78, 5) is 11.8. The molecule has 1 aromatic rings. The van der Waals surface area contributed by atoms with Gasteiger partial charge in [0.25, 0.3) is 0 Å². The smallest absolute Gasteiger partial charge is 0.241 e. The average Bonchev–Trinajstić information content (AvgIpc) is 2.32. The first kappa shape index (κ1) is 15.9. The number of benzene rings is 1. The van der Waals surface area contributed by atoms with Crippen molar-refractivity contribution in [3.8, 4) is 0 Å². The minimum Gasteiger partial charge on any atom is -0.323 e. The van der Waals surface area contributed by atoms with Crippen LogP contribution in [-0.2, 0) is 4.79 Å². The SMILES string of the molecule is CSCC[C@H](N)C(=O)Nc1cc(Cl)c(Cl)cc1Cl. The second-order valence-electron chi connectivity index (χ2n) is 3.62. The quantitative estimate of drug-likeness (QED) is 0.811. The molecule has 0 saturated heterocycles. The lowest BCUT2D eigenvalue weighted by molar-refractivity contribution is -0.117. The first-order valence-corrected chi connectivity index (χ1v) is 7.68. The zero-order valence-electron chi connectivity index (χ0n) is 9.67. The number of thioether (sulfide) groups is 1. The van der Waals surface area contributed by atoms with E-state index in [1.165, 1.54) is 12.1 Å². The summed E-state index contributed by atoms with van der Waals surface area (Å²) in [6, 6.07) is 2.42. The highest BCUT2D eigenvalue weighted by Gasteiger charge is 2.15. The summed E-state index contributed by atoms with van der Waals surface area (Å²) in [6.07, 6.45) is 2.56. The summed E-state index contributed by atoms with van der Waals surface area (Å²) >= 11 is 19.2. The van der Waals surface area contributed by atoms with Crippen LogP contribution in [0, 0.1) is 0 Å². The van der Waals surface area contributed by atoms with Crippen molar-refractivity contribution in [2.45, 2.75) is 12.5 Å². The lowest BCUT2D eigenvalue weighted by Gasteiger charge is -2.13.